The summed E-state index contributed by atoms with van der Waals surface area (Å²) in [4.78, 5) is 4.62. The van der Waals surface area contributed by atoms with Crippen LogP contribution in [0.4, 0.5) is 4.39 Å². The first-order valence-electron chi connectivity index (χ1n) is 9.28. The van der Waals surface area contributed by atoms with Crippen LogP contribution in [0.5, 0.6) is 0 Å². The lowest BCUT2D eigenvalue weighted by atomic mass is 9.95. The molecule has 0 saturated heterocycles. The van der Waals surface area contributed by atoms with Crippen LogP contribution < -0.4 is 10.6 Å². The van der Waals surface area contributed by atoms with Crippen molar-refractivity contribution in [2.75, 3.05) is 18.8 Å². The van der Waals surface area contributed by atoms with Gasteiger partial charge in [0, 0.05) is 40.9 Å². The quantitative estimate of drug-likeness (QED) is 0.575. The maximum atomic E-state index is 13.2. The Bertz CT molecular complexity index is 594. The standard InChI is InChI=1S/C19H30FN3OS/c1-3-21-19(22-12-11-15-7-5-8-16(20)13-15)23-17-9-6-10-18(14-17)25(24)4-2/h5,7-8,13,17-18H,3-4,6,9-12,14H2,1-2H3,(H2,21,22,23). The zero-order chi connectivity index (χ0) is 18.1. The summed E-state index contributed by atoms with van der Waals surface area (Å²) in [6, 6.07) is 6.99. The van der Waals surface area contributed by atoms with E-state index < -0.39 is 10.8 Å². The average molecular weight is 368 g/mol. The molecule has 0 aliphatic heterocycles. The second kappa shape index (κ2) is 10.5. The Hall–Kier alpha value is -1.43. The number of aliphatic imine (C=N–C) groups is 1. The summed E-state index contributed by atoms with van der Waals surface area (Å²) in [6.07, 6.45) is 4.91. The summed E-state index contributed by atoms with van der Waals surface area (Å²) in [5.41, 5.74) is 0.954. The molecule has 2 N–H and O–H groups in total. The normalized spacial score (nSPS) is 22.4. The van der Waals surface area contributed by atoms with Crippen molar-refractivity contribution in [2.45, 2.75) is 57.2 Å². The van der Waals surface area contributed by atoms with Gasteiger partial charge in [0.1, 0.15) is 5.82 Å². The van der Waals surface area contributed by atoms with E-state index in [0.29, 0.717) is 24.3 Å². The predicted molar refractivity (Wildman–Crippen MR) is 104 cm³/mol. The molecule has 0 heterocycles. The van der Waals surface area contributed by atoms with E-state index in [1.807, 2.05) is 19.9 Å². The maximum absolute atomic E-state index is 13.2. The molecule has 0 aromatic heterocycles. The van der Waals surface area contributed by atoms with Crippen LogP contribution >= 0.6 is 0 Å². The van der Waals surface area contributed by atoms with E-state index in [0.717, 1.165) is 49.5 Å². The van der Waals surface area contributed by atoms with E-state index in [4.69, 9.17) is 0 Å². The van der Waals surface area contributed by atoms with Gasteiger partial charge in [0.2, 0.25) is 0 Å². The molecule has 0 amide bonds. The van der Waals surface area contributed by atoms with Crippen molar-refractivity contribution in [3.63, 3.8) is 0 Å². The molecule has 4 nitrogen and oxygen atoms in total. The van der Waals surface area contributed by atoms with Gasteiger partial charge < -0.3 is 10.6 Å². The fourth-order valence-electron chi connectivity index (χ4n) is 3.25. The lowest BCUT2D eigenvalue weighted by Crippen LogP contribution is -2.46. The molecule has 140 valence electrons. The highest BCUT2D eigenvalue weighted by atomic mass is 32.2. The zero-order valence-corrected chi connectivity index (χ0v) is 16.1. The van der Waals surface area contributed by atoms with Crippen LogP contribution in [0.25, 0.3) is 0 Å². The Balaban J connectivity index is 1.89. The highest BCUT2D eigenvalue weighted by Crippen LogP contribution is 2.23. The first-order chi connectivity index (χ1) is 12.1. The van der Waals surface area contributed by atoms with Crippen molar-refractivity contribution >= 4 is 16.8 Å². The fraction of sp³-hybridized carbons (Fsp3) is 0.632. The number of nitrogens with zero attached hydrogens (tertiary/aromatic N) is 1. The van der Waals surface area contributed by atoms with Gasteiger partial charge in [-0.15, -0.1) is 0 Å². The molecule has 1 aromatic rings. The first-order valence-corrected chi connectivity index (χ1v) is 10.7. The number of hydrogen-bond donors (Lipinski definition) is 2. The number of hydrogen-bond acceptors (Lipinski definition) is 2. The molecule has 0 bridgehead atoms. The third-order valence-electron chi connectivity index (χ3n) is 4.53. The summed E-state index contributed by atoms with van der Waals surface area (Å²) >= 11 is 0. The van der Waals surface area contributed by atoms with Crippen molar-refractivity contribution in [1.82, 2.24) is 10.6 Å². The van der Waals surface area contributed by atoms with E-state index in [1.165, 1.54) is 6.07 Å². The Labute approximate surface area is 153 Å². The molecule has 6 heteroatoms. The predicted octanol–water partition coefficient (Wildman–Crippen LogP) is 3.00. The first kappa shape index (κ1) is 19.9. The van der Waals surface area contributed by atoms with E-state index in [1.54, 1.807) is 12.1 Å². The van der Waals surface area contributed by atoms with Gasteiger partial charge >= 0.3 is 0 Å². The molecule has 1 aromatic carbocycles. The molecular formula is C19H30FN3OS. The molecule has 1 aliphatic rings. The Morgan fingerprint density at radius 2 is 2.20 bits per heavy atom. The van der Waals surface area contributed by atoms with Crippen LogP contribution in [0.3, 0.4) is 0 Å². The number of halogens is 1. The molecule has 3 atom stereocenters. The fourth-order valence-corrected chi connectivity index (χ4v) is 4.60. The molecule has 3 unspecified atom stereocenters. The van der Waals surface area contributed by atoms with Crippen LogP contribution in [0.2, 0.25) is 0 Å². The summed E-state index contributed by atoms with van der Waals surface area (Å²) in [7, 11) is -0.721. The molecule has 2 rings (SSSR count). The van der Waals surface area contributed by atoms with Gasteiger partial charge in [-0.1, -0.05) is 25.5 Å². The third kappa shape index (κ3) is 6.77. The summed E-state index contributed by atoms with van der Waals surface area (Å²) in [5.74, 6) is 1.33. The largest absolute Gasteiger partial charge is 0.357 e. The minimum atomic E-state index is -0.721. The topological polar surface area (TPSA) is 53.5 Å². The van der Waals surface area contributed by atoms with Gasteiger partial charge in [0.05, 0.1) is 0 Å². The van der Waals surface area contributed by atoms with E-state index in [-0.39, 0.29) is 5.82 Å². The zero-order valence-electron chi connectivity index (χ0n) is 15.3. The average Bonchev–Trinajstić information content (AvgIpc) is 2.61. The minimum absolute atomic E-state index is 0.205. The lowest BCUT2D eigenvalue weighted by Gasteiger charge is -2.30. The Morgan fingerprint density at radius 1 is 1.36 bits per heavy atom. The molecule has 0 spiro atoms. The van der Waals surface area contributed by atoms with E-state index in [9.17, 15) is 8.60 Å². The van der Waals surface area contributed by atoms with Crippen molar-refractivity contribution in [3.8, 4) is 0 Å². The SMILES string of the molecule is CCNC(=NCCc1cccc(F)c1)NC1CCCC(S(=O)CC)C1. The highest BCUT2D eigenvalue weighted by Gasteiger charge is 2.25. The lowest BCUT2D eigenvalue weighted by molar-refractivity contribution is 0.413. The van der Waals surface area contributed by atoms with E-state index in [2.05, 4.69) is 15.6 Å². The number of benzene rings is 1. The van der Waals surface area contributed by atoms with Gasteiger partial charge in [0.15, 0.2) is 5.96 Å². The van der Waals surface area contributed by atoms with E-state index >= 15 is 0 Å². The smallest absolute Gasteiger partial charge is 0.191 e. The number of guanidine groups is 1. The van der Waals surface area contributed by atoms with Gasteiger partial charge in [0.25, 0.3) is 0 Å². The highest BCUT2D eigenvalue weighted by molar-refractivity contribution is 7.85. The van der Waals surface area contributed by atoms with Gasteiger partial charge in [-0.3, -0.25) is 9.20 Å². The second-order valence-electron chi connectivity index (χ2n) is 6.44. The maximum Gasteiger partial charge on any atom is 0.191 e. The molecule has 1 saturated carbocycles. The van der Waals surface area contributed by atoms with Gasteiger partial charge in [-0.25, -0.2) is 4.39 Å². The minimum Gasteiger partial charge on any atom is -0.357 e. The molecular weight excluding hydrogens is 337 g/mol. The Morgan fingerprint density at radius 3 is 2.92 bits per heavy atom. The van der Waals surface area contributed by atoms with Crippen molar-refractivity contribution in [1.29, 1.82) is 0 Å². The van der Waals surface area contributed by atoms with Crippen molar-refractivity contribution < 1.29 is 8.60 Å². The number of nitrogens with one attached hydrogen (secondary N) is 2. The van der Waals surface area contributed by atoms with Crippen LogP contribution in [-0.2, 0) is 17.2 Å². The van der Waals surface area contributed by atoms with Gasteiger partial charge in [-0.05, 0) is 50.3 Å². The molecule has 1 aliphatic carbocycles. The second-order valence-corrected chi connectivity index (χ2v) is 8.45. The van der Waals surface area contributed by atoms with Crippen molar-refractivity contribution in [3.05, 3.63) is 35.6 Å². The summed E-state index contributed by atoms with van der Waals surface area (Å²) in [6.45, 7) is 5.43. The summed E-state index contributed by atoms with van der Waals surface area (Å²) < 4.78 is 25.3. The van der Waals surface area contributed by atoms with Crippen molar-refractivity contribution in [2.24, 2.45) is 4.99 Å². The summed E-state index contributed by atoms with van der Waals surface area (Å²) in [5, 5.41) is 7.07. The number of rotatable bonds is 7. The third-order valence-corrected chi connectivity index (χ3v) is 6.27. The van der Waals surface area contributed by atoms with Crippen LogP contribution in [0.15, 0.2) is 29.3 Å². The molecule has 25 heavy (non-hydrogen) atoms. The molecule has 0 radical (unpaired) electrons. The van der Waals surface area contributed by atoms with Crippen LogP contribution in [0.1, 0.15) is 45.1 Å². The monoisotopic (exact) mass is 367 g/mol. The van der Waals surface area contributed by atoms with Crippen LogP contribution in [0, 0.1) is 5.82 Å². The molecule has 1 fully saturated rings. The van der Waals surface area contributed by atoms with Gasteiger partial charge in [-0.2, -0.15) is 0 Å². The van der Waals surface area contributed by atoms with Crippen LogP contribution in [-0.4, -0.2) is 40.3 Å². The Kier molecular flexibility index (Phi) is 8.38.